The Balaban J connectivity index is 2.04. The molecule has 2 aromatic rings. The lowest BCUT2D eigenvalue weighted by molar-refractivity contribution is 0.202. The van der Waals surface area contributed by atoms with Gasteiger partial charge in [-0.1, -0.05) is 18.2 Å². The van der Waals surface area contributed by atoms with Gasteiger partial charge in [-0.25, -0.2) is 0 Å². The van der Waals surface area contributed by atoms with Crippen molar-refractivity contribution in [2.45, 2.75) is 19.9 Å². The van der Waals surface area contributed by atoms with Crippen molar-refractivity contribution in [3.8, 4) is 0 Å². The Morgan fingerprint density at radius 3 is 2.74 bits per heavy atom. The van der Waals surface area contributed by atoms with Crippen molar-refractivity contribution in [3.63, 3.8) is 0 Å². The Morgan fingerprint density at radius 1 is 1.26 bits per heavy atom. The lowest BCUT2D eigenvalue weighted by Gasteiger charge is -2.11. The fourth-order valence-corrected chi connectivity index (χ4v) is 2.14. The molecule has 0 aliphatic rings. The number of anilines is 1. The van der Waals surface area contributed by atoms with E-state index in [0.29, 0.717) is 0 Å². The van der Waals surface area contributed by atoms with E-state index < -0.39 is 0 Å². The quantitative estimate of drug-likeness (QED) is 0.866. The van der Waals surface area contributed by atoms with Crippen LogP contribution in [0.1, 0.15) is 16.8 Å². The summed E-state index contributed by atoms with van der Waals surface area (Å²) in [4.78, 5) is 0. The lowest BCUT2D eigenvalue weighted by Crippen LogP contribution is -2.04. The number of methoxy groups -OCH3 is 1. The van der Waals surface area contributed by atoms with Crippen LogP contribution in [0.3, 0.4) is 0 Å². The van der Waals surface area contributed by atoms with Gasteiger partial charge in [0.1, 0.15) is 0 Å². The van der Waals surface area contributed by atoms with Gasteiger partial charge in [0.2, 0.25) is 0 Å². The second-order valence-corrected chi connectivity index (χ2v) is 4.67. The van der Waals surface area contributed by atoms with Gasteiger partial charge in [0, 0.05) is 38.1 Å². The van der Waals surface area contributed by atoms with Gasteiger partial charge in [-0.2, -0.15) is 5.10 Å². The molecule has 0 atom stereocenters. The highest BCUT2D eigenvalue weighted by molar-refractivity contribution is 5.51. The lowest BCUT2D eigenvalue weighted by atomic mass is 10.1. The molecule has 102 valence electrons. The maximum Gasteiger partial charge on any atom is 0.0643 e. The molecule has 0 radical (unpaired) electrons. The first kappa shape index (κ1) is 13.6. The van der Waals surface area contributed by atoms with E-state index in [2.05, 4.69) is 40.9 Å². The predicted octanol–water partition coefficient (Wildman–Crippen LogP) is 2.53. The summed E-state index contributed by atoms with van der Waals surface area (Å²) in [6, 6.07) is 8.36. The molecule has 0 fully saturated rings. The summed E-state index contributed by atoms with van der Waals surface area (Å²) in [5.74, 6) is 0. The zero-order valence-corrected chi connectivity index (χ0v) is 11.8. The molecule has 1 N–H and O–H groups in total. The van der Waals surface area contributed by atoms with Crippen LogP contribution < -0.4 is 5.32 Å². The van der Waals surface area contributed by atoms with Gasteiger partial charge < -0.3 is 10.1 Å². The Morgan fingerprint density at radius 2 is 2.05 bits per heavy atom. The van der Waals surface area contributed by atoms with E-state index in [-0.39, 0.29) is 0 Å². The predicted molar refractivity (Wildman–Crippen MR) is 77.3 cm³/mol. The highest BCUT2D eigenvalue weighted by Crippen LogP contribution is 2.17. The van der Waals surface area contributed by atoms with Crippen LogP contribution in [0.4, 0.5) is 5.69 Å². The molecule has 0 unspecified atom stereocenters. The van der Waals surface area contributed by atoms with Crippen molar-refractivity contribution in [2.75, 3.05) is 19.0 Å². The molecule has 0 aliphatic carbocycles. The second-order valence-electron chi connectivity index (χ2n) is 4.67. The summed E-state index contributed by atoms with van der Waals surface area (Å²) < 4.78 is 7.00. The number of rotatable bonds is 6. The number of benzene rings is 1. The first-order valence-electron chi connectivity index (χ1n) is 6.50. The molecule has 1 heterocycles. The van der Waals surface area contributed by atoms with Crippen LogP contribution in [0.15, 0.2) is 30.5 Å². The minimum atomic E-state index is 0.741. The smallest absolute Gasteiger partial charge is 0.0643 e. The third kappa shape index (κ3) is 3.58. The molecule has 0 amide bonds. The highest BCUT2D eigenvalue weighted by Gasteiger charge is 2.05. The maximum absolute atomic E-state index is 5.14. The Labute approximate surface area is 114 Å². The van der Waals surface area contributed by atoms with E-state index in [1.165, 1.54) is 16.8 Å². The summed E-state index contributed by atoms with van der Waals surface area (Å²) in [6.45, 7) is 3.57. The molecule has 4 nitrogen and oxygen atoms in total. The first-order chi connectivity index (χ1) is 9.20. The Hall–Kier alpha value is -1.81. The number of ether oxygens (including phenoxy) is 1. The monoisotopic (exact) mass is 259 g/mol. The fraction of sp³-hybridized carbons (Fsp3) is 0.400. The van der Waals surface area contributed by atoms with E-state index >= 15 is 0 Å². The third-order valence-corrected chi connectivity index (χ3v) is 3.18. The van der Waals surface area contributed by atoms with Gasteiger partial charge in [-0.3, -0.25) is 4.68 Å². The second kappa shape index (κ2) is 6.38. The summed E-state index contributed by atoms with van der Waals surface area (Å²) in [6.07, 6.45) is 2.98. The van der Waals surface area contributed by atoms with Crippen molar-refractivity contribution in [3.05, 3.63) is 47.3 Å². The van der Waals surface area contributed by atoms with Gasteiger partial charge in [0.15, 0.2) is 0 Å². The number of hydrogen-bond donors (Lipinski definition) is 1. The molecule has 19 heavy (non-hydrogen) atoms. The molecule has 1 aromatic heterocycles. The standard InChI is InChI=1S/C15H21N3O/c1-12-14(11-18(2)17-12)10-16-15-7-5-4-6-13(15)8-9-19-3/h4-7,11,16H,8-10H2,1-3H3. The van der Waals surface area contributed by atoms with Gasteiger partial charge in [0.25, 0.3) is 0 Å². The van der Waals surface area contributed by atoms with Crippen molar-refractivity contribution in [1.82, 2.24) is 9.78 Å². The molecule has 0 bridgehead atoms. The molecule has 0 spiro atoms. The molecular formula is C15H21N3O. The molecule has 4 heteroatoms. The molecule has 0 aliphatic heterocycles. The van der Waals surface area contributed by atoms with Crippen molar-refractivity contribution < 1.29 is 4.74 Å². The first-order valence-corrected chi connectivity index (χ1v) is 6.50. The normalized spacial score (nSPS) is 10.7. The van der Waals surface area contributed by atoms with E-state index in [4.69, 9.17) is 4.74 Å². The number of nitrogens with zero attached hydrogens (tertiary/aromatic N) is 2. The molecule has 1 aromatic carbocycles. The van der Waals surface area contributed by atoms with Crippen LogP contribution in [0, 0.1) is 6.92 Å². The van der Waals surface area contributed by atoms with Crippen LogP contribution in [0.5, 0.6) is 0 Å². The van der Waals surface area contributed by atoms with E-state index in [1.54, 1.807) is 7.11 Å². The largest absolute Gasteiger partial charge is 0.384 e. The summed E-state index contributed by atoms with van der Waals surface area (Å²) in [7, 11) is 3.68. The van der Waals surface area contributed by atoms with Crippen LogP contribution in [0.25, 0.3) is 0 Å². The topological polar surface area (TPSA) is 39.1 Å². The summed E-state index contributed by atoms with van der Waals surface area (Å²) >= 11 is 0. The zero-order valence-electron chi connectivity index (χ0n) is 11.8. The number of aryl methyl sites for hydroxylation is 2. The zero-order chi connectivity index (χ0) is 13.7. The summed E-state index contributed by atoms with van der Waals surface area (Å²) in [5.41, 5.74) is 4.75. The van der Waals surface area contributed by atoms with E-state index in [0.717, 1.165) is 25.3 Å². The number of aromatic nitrogens is 2. The van der Waals surface area contributed by atoms with Gasteiger partial charge in [0.05, 0.1) is 12.3 Å². The molecule has 0 saturated carbocycles. The fourth-order valence-electron chi connectivity index (χ4n) is 2.14. The van der Waals surface area contributed by atoms with Crippen molar-refractivity contribution in [2.24, 2.45) is 7.05 Å². The Bertz CT molecular complexity index is 534. The van der Waals surface area contributed by atoms with Crippen LogP contribution in [-0.2, 0) is 24.8 Å². The highest BCUT2D eigenvalue weighted by atomic mass is 16.5. The van der Waals surface area contributed by atoms with Gasteiger partial charge in [-0.15, -0.1) is 0 Å². The van der Waals surface area contributed by atoms with Crippen molar-refractivity contribution in [1.29, 1.82) is 0 Å². The van der Waals surface area contributed by atoms with Crippen LogP contribution in [0.2, 0.25) is 0 Å². The molecule has 0 saturated heterocycles. The third-order valence-electron chi connectivity index (χ3n) is 3.18. The van der Waals surface area contributed by atoms with Gasteiger partial charge in [-0.05, 0) is 25.0 Å². The SMILES string of the molecule is COCCc1ccccc1NCc1cn(C)nc1C. The minimum Gasteiger partial charge on any atom is -0.384 e. The average molecular weight is 259 g/mol. The number of nitrogens with one attached hydrogen (secondary N) is 1. The minimum absolute atomic E-state index is 0.741. The Kier molecular flexibility index (Phi) is 4.58. The average Bonchev–Trinajstić information content (AvgIpc) is 2.73. The molecular weight excluding hydrogens is 238 g/mol. The van der Waals surface area contributed by atoms with E-state index in [9.17, 15) is 0 Å². The van der Waals surface area contributed by atoms with E-state index in [1.807, 2.05) is 18.7 Å². The van der Waals surface area contributed by atoms with Crippen LogP contribution >= 0.6 is 0 Å². The maximum atomic E-state index is 5.14. The van der Waals surface area contributed by atoms with Gasteiger partial charge >= 0.3 is 0 Å². The number of hydrogen-bond acceptors (Lipinski definition) is 3. The number of para-hydroxylation sites is 1. The summed E-state index contributed by atoms with van der Waals surface area (Å²) in [5, 5.41) is 7.84. The molecule has 2 rings (SSSR count). The van der Waals surface area contributed by atoms with Crippen LogP contribution in [-0.4, -0.2) is 23.5 Å². The van der Waals surface area contributed by atoms with Crippen molar-refractivity contribution >= 4 is 5.69 Å².